The first-order valence-electron chi connectivity index (χ1n) is 11.0. The third-order valence-electron chi connectivity index (χ3n) is 5.21. The zero-order valence-electron chi connectivity index (χ0n) is 19.1. The number of anilines is 1. The Morgan fingerprint density at radius 3 is 1.97 bits per heavy atom. The molecule has 3 rings (SSSR count). The average Bonchev–Trinajstić information content (AvgIpc) is 2.79. The van der Waals surface area contributed by atoms with Crippen LogP contribution in [0.1, 0.15) is 30.0 Å². The summed E-state index contributed by atoms with van der Waals surface area (Å²) in [5, 5.41) is 5.62. The summed E-state index contributed by atoms with van der Waals surface area (Å²) in [6.45, 7) is 5.26. The van der Waals surface area contributed by atoms with Crippen LogP contribution in [-0.4, -0.2) is 32.1 Å². The van der Waals surface area contributed by atoms with Crippen LogP contribution in [0.25, 0.3) is 0 Å². The second kappa shape index (κ2) is 11.6. The van der Waals surface area contributed by atoms with E-state index in [1.54, 1.807) is 24.3 Å². The molecule has 0 bridgehead atoms. The van der Waals surface area contributed by atoms with E-state index in [1.165, 1.54) is 17.4 Å². The Morgan fingerprint density at radius 2 is 1.39 bits per heavy atom. The highest BCUT2D eigenvalue weighted by Gasteiger charge is 2.09. The van der Waals surface area contributed by atoms with E-state index in [9.17, 15) is 13.2 Å². The van der Waals surface area contributed by atoms with E-state index in [1.807, 2.05) is 30.3 Å². The van der Waals surface area contributed by atoms with Crippen molar-refractivity contribution < 1.29 is 13.2 Å². The first kappa shape index (κ1) is 24.5. The molecule has 33 heavy (non-hydrogen) atoms. The maximum absolute atomic E-state index is 12.2. The Labute approximate surface area is 196 Å². The highest BCUT2D eigenvalue weighted by molar-refractivity contribution is 7.90. The van der Waals surface area contributed by atoms with E-state index < -0.39 is 9.84 Å². The third-order valence-corrected chi connectivity index (χ3v) is 6.34. The van der Waals surface area contributed by atoms with E-state index in [0.29, 0.717) is 12.2 Å². The minimum absolute atomic E-state index is 0.261. The predicted octanol–water partition coefficient (Wildman–Crippen LogP) is 4.82. The number of nitrogens with one attached hydrogen (secondary N) is 2. The summed E-state index contributed by atoms with van der Waals surface area (Å²) in [6.07, 6.45) is 2.26. The Balaban J connectivity index is 1.50. The van der Waals surface area contributed by atoms with E-state index in [2.05, 4.69) is 46.7 Å². The largest absolute Gasteiger partial charge is 0.334 e. The predicted molar refractivity (Wildman–Crippen MR) is 133 cm³/mol. The lowest BCUT2D eigenvalue weighted by atomic mass is 10.1. The SMILES string of the molecule is CCCN(Cc1ccccc1)Cc1ccc(NC(=O)NCc2ccc(S(C)(=O)=O)cc2)cc1. The van der Waals surface area contributed by atoms with Crippen molar-refractivity contribution in [1.82, 2.24) is 10.2 Å². The summed E-state index contributed by atoms with van der Waals surface area (Å²) >= 11 is 0. The fraction of sp³-hybridized carbons (Fsp3) is 0.269. The summed E-state index contributed by atoms with van der Waals surface area (Å²) in [5.41, 5.74) is 4.03. The van der Waals surface area contributed by atoms with Crippen LogP contribution in [0.3, 0.4) is 0 Å². The number of amides is 2. The molecule has 0 aliphatic heterocycles. The van der Waals surface area contributed by atoms with Crippen molar-refractivity contribution in [3.8, 4) is 0 Å². The van der Waals surface area contributed by atoms with Crippen LogP contribution in [0.4, 0.5) is 10.5 Å². The van der Waals surface area contributed by atoms with Crippen LogP contribution in [0.2, 0.25) is 0 Å². The zero-order chi connectivity index (χ0) is 23.7. The minimum atomic E-state index is -3.22. The lowest BCUT2D eigenvalue weighted by Gasteiger charge is -2.22. The Morgan fingerprint density at radius 1 is 0.818 bits per heavy atom. The maximum Gasteiger partial charge on any atom is 0.319 e. The molecule has 0 aliphatic rings. The van der Waals surface area contributed by atoms with Crippen LogP contribution in [0.5, 0.6) is 0 Å². The molecule has 0 saturated carbocycles. The van der Waals surface area contributed by atoms with Gasteiger partial charge in [0.2, 0.25) is 0 Å². The monoisotopic (exact) mass is 465 g/mol. The van der Waals surface area contributed by atoms with Crippen LogP contribution in [-0.2, 0) is 29.5 Å². The molecule has 7 heteroatoms. The lowest BCUT2D eigenvalue weighted by Crippen LogP contribution is -2.28. The van der Waals surface area contributed by atoms with Crippen molar-refractivity contribution in [2.45, 2.75) is 37.9 Å². The summed E-state index contributed by atoms with van der Waals surface area (Å²) in [6, 6.07) is 24.5. The van der Waals surface area contributed by atoms with Gasteiger partial charge in [0.05, 0.1) is 4.90 Å². The van der Waals surface area contributed by atoms with Gasteiger partial charge in [-0.05, 0) is 53.9 Å². The third kappa shape index (κ3) is 8.04. The molecule has 174 valence electrons. The van der Waals surface area contributed by atoms with E-state index in [0.717, 1.165) is 31.6 Å². The van der Waals surface area contributed by atoms with Crippen molar-refractivity contribution in [3.05, 3.63) is 95.6 Å². The van der Waals surface area contributed by atoms with E-state index in [-0.39, 0.29) is 10.9 Å². The molecule has 0 heterocycles. The first-order chi connectivity index (χ1) is 15.8. The van der Waals surface area contributed by atoms with Gasteiger partial charge in [0.15, 0.2) is 9.84 Å². The molecule has 0 aliphatic carbocycles. The number of benzene rings is 3. The first-order valence-corrected chi connectivity index (χ1v) is 12.9. The van der Waals surface area contributed by atoms with Gasteiger partial charge in [-0.2, -0.15) is 0 Å². The molecule has 0 fully saturated rings. The molecule has 0 spiro atoms. The van der Waals surface area contributed by atoms with Gasteiger partial charge in [-0.15, -0.1) is 0 Å². The quantitative estimate of drug-likeness (QED) is 0.450. The van der Waals surface area contributed by atoms with E-state index >= 15 is 0 Å². The molecule has 0 atom stereocenters. The number of rotatable bonds is 10. The number of urea groups is 1. The van der Waals surface area contributed by atoms with Gasteiger partial charge in [0.25, 0.3) is 0 Å². The normalized spacial score (nSPS) is 11.4. The van der Waals surface area contributed by atoms with Gasteiger partial charge in [0, 0.05) is 31.6 Å². The lowest BCUT2D eigenvalue weighted by molar-refractivity contribution is 0.251. The Kier molecular flexibility index (Phi) is 8.63. The molecule has 0 aromatic heterocycles. The second-order valence-electron chi connectivity index (χ2n) is 8.12. The number of hydrogen-bond acceptors (Lipinski definition) is 4. The van der Waals surface area contributed by atoms with Gasteiger partial charge < -0.3 is 10.6 Å². The van der Waals surface area contributed by atoms with Gasteiger partial charge in [-0.25, -0.2) is 13.2 Å². The molecule has 0 radical (unpaired) electrons. The summed E-state index contributed by atoms with van der Waals surface area (Å²) in [7, 11) is -3.22. The molecule has 3 aromatic carbocycles. The molecule has 3 aromatic rings. The standard InChI is InChI=1S/C26H31N3O3S/c1-3-17-29(19-22-7-5-4-6-8-22)20-23-9-13-24(14-10-23)28-26(30)27-18-21-11-15-25(16-12-21)33(2,31)32/h4-16H,3,17-20H2,1-2H3,(H2,27,28,30). The van der Waals surface area contributed by atoms with Gasteiger partial charge >= 0.3 is 6.03 Å². The topological polar surface area (TPSA) is 78.5 Å². The van der Waals surface area contributed by atoms with Crippen molar-refractivity contribution >= 4 is 21.6 Å². The summed E-state index contributed by atoms with van der Waals surface area (Å²) in [4.78, 5) is 14.9. The van der Waals surface area contributed by atoms with Crippen molar-refractivity contribution in [1.29, 1.82) is 0 Å². The molecule has 2 amide bonds. The Bertz CT molecular complexity index is 1130. The molecule has 2 N–H and O–H groups in total. The zero-order valence-corrected chi connectivity index (χ0v) is 19.9. The fourth-order valence-electron chi connectivity index (χ4n) is 3.54. The highest BCUT2D eigenvalue weighted by atomic mass is 32.2. The average molecular weight is 466 g/mol. The minimum Gasteiger partial charge on any atom is -0.334 e. The maximum atomic E-state index is 12.2. The number of sulfone groups is 1. The number of carbonyl (C=O) groups is 1. The number of carbonyl (C=O) groups excluding carboxylic acids is 1. The number of hydrogen-bond donors (Lipinski definition) is 2. The van der Waals surface area contributed by atoms with Crippen LogP contribution < -0.4 is 10.6 Å². The molecular weight excluding hydrogens is 434 g/mol. The van der Waals surface area contributed by atoms with Crippen molar-refractivity contribution in [2.75, 3.05) is 18.1 Å². The van der Waals surface area contributed by atoms with Crippen LogP contribution in [0.15, 0.2) is 83.8 Å². The smallest absolute Gasteiger partial charge is 0.319 e. The highest BCUT2D eigenvalue weighted by Crippen LogP contribution is 2.14. The summed E-state index contributed by atoms with van der Waals surface area (Å²) in [5.74, 6) is 0. The van der Waals surface area contributed by atoms with Gasteiger partial charge in [-0.1, -0.05) is 61.5 Å². The molecule has 6 nitrogen and oxygen atoms in total. The summed E-state index contributed by atoms with van der Waals surface area (Å²) < 4.78 is 23.1. The molecule has 0 saturated heterocycles. The van der Waals surface area contributed by atoms with E-state index in [4.69, 9.17) is 0 Å². The Hall–Kier alpha value is -3.16. The number of nitrogens with zero attached hydrogens (tertiary/aromatic N) is 1. The van der Waals surface area contributed by atoms with Crippen molar-refractivity contribution in [2.24, 2.45) is 0 Å². The van der Waals surface area contributed by atoms with Crippen LogP contribution in [0, 0.1) is 0 Å². The van der Waals surface area contributed by atoms with Crippen LogP contribution >= 0.6 is 0 Å². The molecular formula is C26H31N3O3S. The van der Waals surface area contributed by atoms with Crippen molar-refractivity contribution in [3.63, 3.8) is 0 Å². The van der Waals surface area contributed by atoms with Gasteiger partial charge in [-0.3, -0.25) is 4.90 Å². The van der Waals surface area contributed by atoms with Gasteiger partial charge in [0.1, 0.15) is 0 Å². The fourth-order valence-corrected chi connectivity index (χ4v) is 4.17. The molecule has 0 unspecified atom stereocenters. The second-order valence-corrected chi connectivity index (χ2v) is 10.1.